The van der Waals surface area contributed by atoms with Crippen molar-refractivity contribution in [1.29, 1.82) is 0 Å². The molecule has 0 amide bonds. The van der Waals surface area contributed by atoms with Gasteiger partial charge in [-0.2, -0.15) is 0 Å². The average Bonchev–Trinajstić information content (AvgIpc) is 1.85. The molecule has 1 nitrogen and oxygen atoms in total. The summed E-state index contributed by atoms with van der Waals surface area (Å²) in [5.74, 6) is 0. The Bertz CT molecular complexity index is 114. The topological polar surface area (TPSA) is 9.23 Å². The van der Waals surface area contributed by atoms with Gasteiger partial charge < -0.3 is 4.74 Å². The third-order valence-corrected chi connectivity index (χ3v) is 2.07. The van der Waals surface area contributed by atoms with Crippen molar-refractivity contribution < 1.29 is 4.74 Å². The van der Waals surface area contributed by atoms with Gasteiger partial charge in [0.1, 0.15) is 15.7 Å². The van der Waals surface area contributed by atoms with Crippen molar-refractivity contribution in [2.24, 2.45) is 0 Å². The van der Waals surface area contributed by atoms with Crippen molar-refractivity contribution in [3.05, 3.63) is 0 Å². The zero-order valence-corrected chi connectivity index (χ0v) is 8.02. The van der Waals surface area contributed by atoms with Gasteiger partial charge in [-0.3, -0.25) is 0 Å². The van der Waals surface area contributed by atoms with E-state index in [-0.39, 0.29) is 5.40 Å². The molecular formula is C8H18B2O. The first-order valence-corrected chi connectivity index (χ1v) is 4.76. The summed E-state index contributed by atoms with van der Waals surface area (Å²) in [6, 6.07) is 0. The fourth-order valence-electron chi connectivity index (χ4n) is 1.68. The molecule has 0 spiro atoms. The van der Waals surface area contributed by atoms with E-state index in [1.54, 1.807) is 0 Å². The molecule has 0 saturated heterocycles. The van der Waals surface area contributed by atoms with Crippen LogP contribution in [0.4, 0.5) is 0 Å². The minimum atomic E-state index is 0.0575. The summed E-state index contributed by atoms with van der Waals surface area (Å²) >= 11 is 0. The Kier molecular flexibility index (Phi) is 3.06. The third-order valence-electron chi connectivity index (χ3n) is 2.07. The second-order valence-electron chi connectivity index (χ2n) is 4.49. The van der Waals surface area contributed by atoms with Gasteiger partial charge in [0.2, 0.25) is 0 Å². The van der Waals surface area contributed by atoms with Gasteiger partial charge in [-0.25, -0.2) is 0 Å². The molecule has 0 heterocycles. The van der Waals surface area contributed by atoms with Gasteiger partial charge in [0.25, 0.3) is 0 Å². The molecule has 0 aromatic heterocycles. The maximum absolute atomic E-state index is 5.88. The molecule has 0 aliphatic heterocycles. The molecule has 1 aliphatic rings. The van der Waals surface area contributed by atoms with Crippen molar-refractivity contribution in [3.63, 3.8) is 0 Å². The van der Waals surface area contributed by atoms with E-state index in [0.29, 0.717) is 6.10 Å². The minimum absolute atomic E-state index is 0.0575. The van der Waals surface area contributed by atoms with E-state index in [0.717, 1.165) is 0 Å². The largest absolute Gasteiger partial charge is 0.390 e. The highest BCUT2D eigenvalue weighted by molar-refractivity contribution is 6.38. The molecule has 1 aliphatic carbocycles. The van der Waals surface area contributed by atoms with E-state index >= 15 is 0 Å². The molecule has 1 rings (SSSR count). The zero-order valence-electron chi connectivity index (χ0n) is 8.02. The molecule has 3 heteroatoms. The lowest BCUT2D eigenvalue weighted by Gasteiger charge is -2.30. The van der Waals surface area contributed by atoms with Crippen LogP contribution >= 0.6 is 0 Å². The fraction of sp³-hybridized carbons (Fsp3) is 1.00. The van der Waals surface area contributed by atoms with Gasteiger partial charge in [0, 0.05) is 5.40 Å². The maximum Gasteiger partial charge on any atom is 0.131 e. The van der Waals surface area contributed by atoms with E-state index in [2.05, 4.69) is 22.6 Å². The van der Waals surface area contributed by atoms with Gasteiger partial charge in [0.15, 0.2) is 0 Å². The van der Waals surface area contributed by atoms with Crippen molar-refractivity contribution >= 4 is 15.7 Å². The average molecular weight is 152 g/mol. The van der Waals surface area contributed by atoms with Crippen molar-refractivity contribution in [1.82, 2.24) is 0 Å². The Balaban J connectivity index is 2.24. The Morgan fingerprint density at radius 3 is 2.18 bits per heavy atom. The highest BCUT2D eigenvalue weighted by Gasteiger charge is 2.20. The normalized spacial score (nSPS) is 21.9. The van der Waals surface area contributed by atoms with Crippen molar-refractivity contribution in [3.8, 4) is 0 Å². The number of hydrogen-bond donors (Lipinski definition) is 0. The molecule has 1 saturated carbocycles. The smallest absolute Gasteiger partial charge is 0.131 e. The van der Waals surface area contributed by atoms with E-state index in [4.69, 9.17) is 4.74 Å². The summed E-state index contributed by atoms with van der Waals surface area (Å²) in [4.78, 5) is 0. The van der Waals surface area contributed by atoms with Crippen molar-refractivity contribution in [2.75, 3.05) is 0 Å². The first-order valence-electron chi connectivity index (χ1n) is 4.76. The van der Waals surface area contributed by atoms with Gasteiger partial charge in [-0.1, -0.05) is 26.2 Å². The summed E-state index contributed by atoms with van der Waals surface area (Å²) < 4.78 is 5.88. The summed E-state index contributed by atoms with van der Waals surface area (Å²) in [6.45, 7) is 2.14. The van der Waals surface area contributed by atoms with Crippen LogP contribution in [0.1, 0.15) is 39.0 Å². The molecule has 0 bridgehead atoms. The molecule has 11 heavy (non-hydrogen) atoms. The van der Waals surface area contributed by atoms with Crippen LogP contribution in [0.5, 0.6) is 0 Å². The quantitative estimate of drug-likeness (QED) is 0.516. The van der Waals surface area contributed by atoms with Crippen LogP contribution in [0.25, 0.3) is 0 Å². The molecule has 0 radical (unpaired) electrons. The number of hydrogen-bond acceptors (Lipinski definition) is 1. The van der Waals surface area contributed by atoms with Gasteiger partial charge in [-0.05, 0) is 12.8 Å². The van der Waals surface area contributed by atoms with Gasteiger partial charge >= 0.3 is 0 Å². The monoisotopic (exact) mass is 152 g/mol. The molecule has 0 N–H and O–H groups in total. The second-order valence-corrected chi connectivity index (χ2v) is 4.49. The molecule has 0 unspecified atom stereocenters. The standard InChI is InChI=1S/C8H18B2O/c1-8(9,10)11-7-5-3-2-4-6-7/h7H,2-6,9-10H2,1H3. The molecule has 1 fully saturated rings. The Morgan fingerprint density at radius 1 is 1.18 bits per heavy atom. The predicted octanol–water partition coefficient (Wildman–Crippen LogP) is 0.276. The van der Waals surface area contributed by atoms with Crippen LogP contribution in [0.15, 0.2) is 0 Å². The molecule has 62 valence electrons. The van der Waals surface area contributed by atoms with Crippen LogP contribution in [0, 0.1) is 0 Å². The Morgan fingerprint density at radius 2 is 1.73 bits per heavy atom. The maximum atomic E-state index is 5.88. The summed E-state index contributed by atoms with van der Waals surface area (Å²) in [5, 5.41) is 0.0575. The van der Waals surface area contributed by atoms with E-state index in [1.807, 2.05) is 0 Å². The summed E-state index contributed by atoms with van der Waals surface area (Å²) in [6.07, 6.45) is 7.23. The fourth-order valence-corrected chi connectivity index (χ4v) is 1.68. The van der Waals surface area contributed by atoms with E-state index in [9.17, 15) is 0 Å². The van der Waals surface area contributed by atoms with Gasteiger partial charge in [-0.15, -0.1) is 0 Å². The Labute approximate surface area is 71.7 Å². The summed E-state index contributed by atoms with van der Waals surface area (Å²) in [7, 11) is 4.28. The van der Waals surface area contributed by atoms with Crippen LogP contribution in [0.2, 0.25) is 0 Å². The lowest BCUT2D eigenvalue weighted by Crippen LogP contribution is -2.35. The van der Waals surface area contributed by atoms with Crippen LogP contribution in [-0.4, -0.2) is 27.2 Å². The molecule has 0 atom stereocenters. The lowest BCUT2D eigenvalue weighted by molar-refractivity contribution is -0.00497. The number of ether oxygens (including phenoxy) is 1. The van der Waals surface area contributed by atoms with Crippen LogP contribution < -0.4 is 0 Å². The van der Waals surface area contributed by atoms with E-state index < -0.39 is 0 Å². The first kappa shape index (κ1) is 9.18. The highest BCUT2D eigenvalue weighted by atomic mass is 16.5. The van der Waals surface area contributed by atoms with Crippen LogP contribution in [0.3, 0.4) is 0 Å². The predicted molar refractivity (Wildman–Crippen MR) is 53.5 cm³/mol. The Hall–Kier alpha value is 0.0899. The first-order chi connectivity index (χ1) is 5.08. The lowest BCUT2D eigenvalue weighted by atomic mass is 9.66. The molecule has 0 aromatic carbocycles. The highest BCUT2D eigenvalue weighted by Crippen LogP contribution is 2.22. The van der Waals surface area contributed by atoms with Crippen molar-refractivity contribution in [2.45, 2.75) is 50.5 Å². The summed E-state index contributed by atoms with van der Waals surface area (Å²) in [5.41, 5.74) is 0. The third kappa shape index (κ3) is 3.85. The second kappa shape index (κ2) is 3.66. The molecule has 0 aromatic rings. The van der Waals surface area contributed by atoms with Gasteiger partial charge in [0.05, 0.1) is 6.10 Å². The van der Waals surface area contributed by atoms with E-state index in [1.165, 1.54) is 32.1 Å². The minimum Gasteiger partial charge on any atom is -0.390 e. The zero-order chi connectivity index (χ0) is 8.32. The van der Waals surface area contributed by atoms with Crippen LogP contribution in [-0.2, 0) is 4.74 Å². The number of rotatable bonds is 2. The SMILES string of the molecule is BC(B)(C)OC1CCCCC1. The molecular weight excluding hydrogens is 134 g/mol.